The summed E-state index contributed by atoms with van der Waals surface area (Å²) in [4.78, 5) is 4.82. The number of hydrogen-bond donors (Lipinski definition) is 1. The van der Waals surface area contributed by atoms with E-state index in [9.17, 15) is 5.11 Å². The number of benzene rings is 1. The molecule has 0 spiro atoms. The minimum absolute atomic E-state index is 0.261. The van der Waals surface area contributed by atoms with Crippen LogP contribution in [0.2, 0.25) is 0 Å². The first-order chi connectivity index (χ1) is 9.02. The standard InChI is InChI=1S/C15H23BrN2O/c1-11-8-13(4-5-15(11)16)18-10-14(6-7-19)17(3)9-12(18)2/h4-5,8,12,14,19H,6-7,9-10H2,1-3H3. The largest absolute Gasteiger partial charge is 0.396 e. The first-order valence-electron chi connectivity index (χ1n) is 6.87. The van der Waals surface area contributed by atoms with Crippen LogP contribution in [-0.2, 0) is 0 Å². The van der Waals surface area contributed by atoms with Crippen molar-refractivity contribution >= 4 is 21.6 Å². The highest BCUT2D eigenvalue weighted by Crippen LogP contribution is 2.27. The molecule has 3 nitrogen and oxygen atoms in total. The van der Waals surface area contributed by atoms with Crippen molar-refractivity contribution in [2.75, 3.05) is 31.6 Å². The lowest BCUT2D eigenvalue weighted by Gasteiger charge is -2.45. The molecule has 0 amide bonds. The van der Waals surface area contributed by atoms with Crippen LogP contribution < -0.4 is 4.90 Å². The van der Waals surface area contributed by atoms with Gasteiger partial charge < -0.3 is 10.0 Å². The maximum absolute atomic E-state index is 9.19. The van der Waals surface area contributed by atoms with Gasteiger partial charge in [0.1, 0.15) is 0 Å². The Kier molecular flexibility index (Phi) is 4.87. The first kappa shape index (κ1) is 14.8. The van der Waals surface area contributed by atoms with Gasteiger partial charge in [0.25, 0.3) is 0 Å². The Balaban J connectivity index is 2.19. The lowest BCUT2D eigenvalue weighted by Crippen LogP contribution is -2.56. The summed E-state index contributed by atoms with van der Waals surface area (Å²) >= 11 is 3.55. The van der Waals surface area contributed by atoms with Gasteiger partial charge in [0.2, 0.25) is 0 Å². The number of halogens is 1. The molecule has 1 saturated heterocycles. The fourth-order valence-electron chi connectivity index (χ4n) is 2.84. The summed E-state index contributed by atoms with van der Waals surface area (Å²) in [6, 6.07) is 7.47. The zero-order chi connectivity index (χ0) is 14.0. The van der Waals surface area contributed by atoms with Gasteiger partial charge in [-0.1, -0.05) is 15.9 Å². The van der Waals surface area contributed by atoms with Gasteiger partial charge in [-0.2, -0.15) is 0 Å². The molecule has 1 aliphatic rings. The Morgan fingerprint density at radius 3 is 2.74 bits per heavy atom. The second-order valence-corrected chi connectivity index (χ2v) is 6.39. The Labute approximate surface area is 124 Å². The molecule has 1 N–H and O–H groups in total. The second kappa shape index (κ2) is 6.25. The van der Waals surface area contributed by atoms with E-state index in [2.05, 4.69) is 64.8 Å². The van der Waals surface area contributed by atoms with E-state index in [0.717, 1.165) is 24.0 Å². The molecule has 2 unspecified atom stereocenters. The molecule has 2 atom stereocenters. The van der Waals surface area contributed by atoms with Crippen molar-refractivity contribution in [1.82, 2.24) is 4.90 Å². The molecule has 1 aromatic carbocycles. The molecule has 0 aromatic heterocycles. The third-order valence-corrected chi connectivity index (χ3v) is 4.94. The summed E-state index contributed by atoms with van der Waals surface area (Å²) in [6.07, 6.45) is 0.842. The predicted octanol–water partition coefficient (Wildman–Crippen LogP) is 2.65. The van der Waals surface area contributed by atoms with Gasteiger partial charge in [0.15, 0.2) is 0 Å². The Bertz CT molecular complexity index is 438. The fraction of sp³-hybridized carbons (Fsp3) is 0.600. The third-order valence-electron chi connectivity index (χ3n) is 4.05. The third kappa shape index (κ3) is 3.30. The van der Waals surface area contributed by atoms with Crippen LogP contribution in [0.5, 0.6) is 0 Å². The van der Waals surface area contributed by atoms with Gasteiger partial charge >= 0.3 is 0 Å². The fourth-order valence-corrected chi connectivity index (χ4v) is 3.09. The van der Waals surface area contributed by atoms with Crippen LogP contribution in [0.1, 0.15) is 18.9 Å². The molecule has 106 valence electrons. The Morgan fingerprint density at radius 2 is 2.11 bits per heavy atom. The maximum atomic E-state index is 9.19. The number of aryl methyl sites for hydroxylation is 1. The topological polar surface area (TPSA) is 26.7 Å². The molecule has 1 aliphatic heterocycles. The lowest BCUT2D eigenvalue weighted by molar-refractivity contribution is 0.154. The van der Waals surface area contributed by atoms with Crippen LogP contribution in [-0.4, -0.2) is 48.8 Å². The van der Waals surface area contributed by atoms with E-state index in [4.69, 9.17) is 0 Å². The number of anilines is 1. The van der Waals surface area contributed by atoms with Gasteiger partial charge in [0, 0.05) is 41.9 Å². The zero-order valence-electron chi connectivity index (χ0n) is 11.9. The molecule has 19 heavy (non-hydrogen) atoms. The van der Waals surface area contributed by atoms with Gasteiger partial charge in [0.05, 0.1) is 0 Å². The van der Waals surface area contributed by atoms with E-state index in [1.54, 1.807) is 0 Å². The van der Waals surface area contributed by atoms with Gasteiger partial charge in [-0.15, -0.1) is 0 Å². The monoisotopic (exact) mass is 326 g/mol. The van der Waals surface area contributed by atoms with Crippen LogP contribution in [0.25, 0.3) is 0 Å². The van der Waals surface area contributed by atoms with E-state index in [-0.39, 0.29) is 6.61 Å². The molecule has 0 bridgehead atoms. The van der Waals surface area contributed by atoms with Gasteiger partial charge in [-0.05, 0) is 51.1 Å². The van der Waals surface area contributed by atoms with Gasteiger partial charge in [-0.25, -0.2) is 0 Å². The average Bonchev–Trinajstić information content (AvgIpc) is 2.36. The highest BCUT2D eigenvalue weighted by Gasteiger charge is 2.29. The molecule has 0 radical (unpaired) electrons. The van der Waals surface area contributed by atoms with Crippen molar-refractivity contribution in [3.63, 3.8) is 0 Å². The number of aliphatic hydroxyl groups is 1. The molecular formula is C15H23BrN2O. The van der Waals surface area contributed by atoms with Gasteiger partial charge in [-0.3, -0.25) is 4.90 Å². The molecule has 1 fully saturated rings. The minimum atomic E-state index is 0.261. The summed E-state index contributed by atoms with van der Waals surface area (Å²) in [5.41, 5.74) is 2.55. The van der Waals surface area contributed by atoms with Crippen molar-refractivity contribution < 1.29 is 5.11 Å². The molecule has 0 saturated carbocycles. The number of aliphatic hydroxyl groups excluding tert-OH is 1. The highest BCUT2D eigenvalue weighted by molar-refractivity contribution is 9.10. The first-order valence-corrected chi connectivity index (χ1v) is 7.66. The molecule has 4 heteroatoms. The summed E-state index contributed by atoms with van der Waals surface area (Å²) in [7, 11) is 2.15. The van der Waals surface area contributed by atoms with Crippen molar-refractivity contribution in [1.29, 1.82) is 0 Å². The summed E-state index contributed by atoms with van der Waals surface area (Å²) < 4.78 is 1.16. The molecule has 1 heterocycles. The predicted molar refractivity (Wildman–Crippen MR) is 83.8 cm³/mol. The molecular weight excluding hydrogens is 304 g/mol. The van der Waals surface area contributed by atoms with Crippen molar-refractivity contribution in [2.45, 2.75) is 32.4 Å². The lowest BCUT2D eigenvalue weighted by atomic mass is 10.0. The van der Waals surface area contributed by atoms with E-state index in [1.807, 2.05) is 0 Å². The SMILES string of the molecule is Cc1cc(N2CC(CCO)N(C)CC2C)ccc1Br. The Hall–Kier alpha value is -0.580. The van der Waals surface area contributed by atoms with E-state index in [0.29, 0.717) is 12.1 Å². The van der Waals surface area contributed by atoms with Crippen molar-refractivity contribution in [3.8, 4) is 0 Å². The Morgan fingerprint density at radius 1 is 1.37 bits per heavy atom. The minimum Gasteiger partial charge on any atom is -0.396 e. The zero-order valence-corrected chi connectivity index (χ0v) is 13.5. The van der Waals surface area contributed by atoms with Crippen LogP contribution in [0.3, 0.4) is 0 Å². The quantitative estimate of drug-likeness (QED) is 0.925. The van der Waals surface area contributed by atoms with Crippen LogP contribution in [0, 0.1) is 6.92 Å². The number of likely N-dealkylation sites (N-methyl/N-ethyl adjacent to an activating group) is 1. The number of hydrogen-bond acceptors (Lipinski definition) is 3. The normalized spacial score (nSPS) is 24.8. The second-order valence-electron chi connectivity index (χ2n) is 5.54. The highest BCUT2D eigenvalue weighted by atomic mass is 79.9. The maximum Gasteiger partial charge on any atom is 0.0446 e. The summed E-state index contributed by atoms with van der Waals surface area (Å²) in [5.74, 6) is 0. The summed E-state index contributed by atoms with van der Waals surface area (Å²) in [5, 5.41) is 9.19. The van der Waals surface area contributed by atoms with Crippen LogP contribution in [0.4, 0.5) is 5.69 Å². The average molecular weight is 327 g/mol. The smallest absolute Gasteiger partial charge is 0.0446 e. The van der Waals surface area contributed by atoms with E-state index in [1.165, 1.54) is 11.3 Å². The van der Waals surface area contributed by atoms with E-state index >= 15 is 0 Å². The number of rotatable bonds is 3. The van der Waals surface area contributed by atoms with Crippen molar-refractivity contribution in [2.24, 2.45) is 0 Å². The molecule has 2 rings (SSSR count). The van der Waals surface area contributed by atoms with E-state index < -0.39 is 0 Å². The summed E-state index contributed by atoms with van der Waals surface area (Å²) in [6.45, 7) is 6.68. The molecule has 1 aromatic rings. The number of piperazine rings is 1. The van der Waals surface area contributed by atoms with Crippen molar-refractivity contribution in [3.05, 3.63) is 28.2 Å². The number of nitrogens with zero attached hydrogens (tertiary/aromatic N) is 2. The van der Waals surface area contributed by atoms with Crippen LogP contribution in [0.15, 0.2) is 22.7 Å². The van der Waals surface area contributed by atoms with Crippen LogP contribution >= 0.6 is 15.9 Å². The molecule has 0 aliphatic carbocycles.